The number of carbonyl (C=O) groups excluding carboxylic acids is 1. The molecular formula is C19H29ClN2OS. The Bertz CT molecular complexity index is 590. The lowest BCUT2D eigenvalue weighted by Crippen LogP contribution is -2.47. The maximum atomic E-state index is 12.2. The summed E-state index contributed by atoms with van der Waals surface area (Å²) in [7, 11) is 4.38. The largest absolute Gasteiger partial charge is 0.342 e. The lowest BCUT2D eigenvalue weighted by molar-refractivity contribution is -0.130. The molecule has 2 fully saturated rings. The van der Waals surface area contributed by atoms with Crippen molar-refractivity contribution < 1.29 is 4.79 Å². The second-order valence-electron chi connectivity index (χ2n) is 7.85. The molecule has 1 aromatic heterocycles. The van der Waals surface area contributed by atoms with E-state index in [9.17, 15) is 4.79 Å². The molecule has 24 heavy (non-hydrogen) atoms. The summed E-state index contributed by atoms with van der Waals surface area (Å²) in [6, 6.07) is 4.23. The van der Waals surface area contributed by atoms with Crippen molar-refractivity contribution in [2.45, 2.75) is 57.4 Å². The fraction of sp³-hybridized carbons (Fsp3) is 0.737. The molecule has 1 aliphatic heterocycles. The molecule has 1 spiro atoms. The van der Waals surface area contributed by atoms with Gasteiger partial charge in [0, 0.05) is 24.4 Å². The number of hydrogen-bond acceptors (Lipinski definition) is 3. The van der Waals surface area contributed by atoms with Gasteiger partial charge in [-0.05, 0) is 70.2 Å². The summed E-state index contributed by atoms with van der Waals surface area (Å²) < 4.78 is 0.878. The Kier molecular flexibility index (Phi) is 5.29. The number of carbonyl (C=O) groups is 1. The highest BCUT2D eigenvalue weighted by atomic mass is 35.5. The van der Waals surface area contributed by atoms with Gasteiger partial charge in [-0.2, -0.15) is 0 Å². The number of nitrogens with zero attached hydrogens (tertiary/aromatic N) is 2. The summed E-state index contributed by atoms with van der Waals surface area (Å²) in [6.45, 7) is 4.01. The van der Waals surface area contributed by atoms with Crippen molar-refractivity contribution in [1.82, 2.24) is 9.80 Å². The molecule has 0 unspecified atom stereocenters. The Morgan fingerprint density at radius 1 is 1.25 bits per heavy atom. The maximum Gasteiger partial charge on any atom is 0.222 e. The fourth-order valence-corrected chi connectivity index (χ4v) is 5.97. The van der Waals surface area contributed by atoms with Crippen LogP contribution < -0.4 is 0 Å². The van der Waals surface area contributed by atoms with E-state index in [1.165, 1.54) is 24.1 Å². The van der Waals surface area contributed by atoms with Gasteiger partial charge in [-0.3, -0.25) is 9.69 Å². The van der Waals surface area contributed by atoms with Crippen molar-refractivity contribution in [2.75, 3.05) is 27.2 Å². The van der Waals surface area contributed by atoms with Gasteiger partial charge in [0.1, 0.15) is 0 Å². The number of likely N-dealkylation sites (tertiary alicyclic amines) is 1. The highest BCUT2D eigenvalue weighted by molar-refractivity contribution is 7.16. The highest BCUT2D eigenvalue weighted by Gasteiger charge is 2.48. The second kappa shape index (κ2) is 6.97. The van der Waals surface area contributed by atoms with Gasteiger partial charge in [0.05, 0.1) is 9.88 Å². The Hall–Kier alpha value is -0.580. The molecule has 1 saturated carbocycles. The van der Waals surface area contributed by atoms with Crippen LogP contribution in [0.3, 0.4) is 0 Å². The first kappa shape index (κ1) is 18.2. The Labute approximate surface area is 155 Å². The molecule has 5 heteroatoms. The van der Waals surface area contributed by atoms with Crippen molar-refractivity contribution in [3.8, 4) is 0 Å². The summed E-state index contributed by atoms with van der Waals surface area (Å²) >= 11 is 7.93. The molecule has 0 radical (unpaired) electrons. The molecule has 2 heterocycles. The van der Waals surface area contributed by atoms with E-state index >= 15 is 0 Å². The highest BCUT2D eigenvalue weighted by Crippen LogP contribution is 2.53. The van der Waals surface area contributed by atoms with Crippen LogP contribution in [0, 0.1) is 5.41 Å². The third kappa shape index (κ3) is 3.25. The zero-order valence-electron chi connectivity index (χ0n) is 15.1. The predicted octanol–water partition coefficient (Wildman–Crippen LogP) is 4.75. The molecule has 1 aromatic rings. The topological polar surface area (TPSA) is 23.6 Å². The van der Waals surface area contributed by atoms with Crippen LogP contribution in [-0.4, -0.2) is 42.9 Å². The first-order valence-corrected chi connectivity index (χ1v) is 10.3. The Morgan fingerprint density at radius 2 is 1.96 bits per heavy atom. The first-order chi connectivity index (χ1) is 11.4. The van der Waals surface area contributed by atoms with Gasteiger partial charge in [0.25, 0.3) is 0 Å². The molecule has 0 aromatic carbocycles. The van der Waals surface area contributed by atoms with Crippen LogP contribution in [0.25, 0.3) is 0 Å². The van der Waals surface area contributed by atoms with Crippen LogP contribution in [0.5, 0.6) is 0 Å². The molecule has 0 atom stereocenters. The molecule has 0 N–H and O–H groups in total. The van der Waals surface area contributed by atoms with Crippen molar-refractivity contribution >= 4 is 28.8 Å². The molecule has 0 bridgehead atoms. The summed E-state index contributed by atoms with van der Waals surface area (Å²) in [4.78, 5) is 18.1. The van der Waals surface area contributed by atoms with Gasteiger partial charge in [-0.15, -0.1) is 11.3 Å². The van der Waals surface area contributed by atoms with Gasteiger partial charge >= 0.3 is 0 Å². The van der Waals surface area contributed by atoms with E-state index in [4.69, 9.17) is 11.6 Å². The van der Waals surface area contributed by atoms with Crippen LogP contribution in [0.15, 0.2) is 12.1 Å². The standard InChI is InChI=1S/C19H29ClN2OS/c1-4-5-17(23)22-13-12-18(14-22)8-10-19(11-9-18,21(2)3)15-6-7-16(20)24-15/h6-7H,4-5,8-14H2,1-3H3. The maximum absolute atomic E-state index is 12.2. The SMILES string of the molecule is CCCC(=O)N1CCC2(CCC(c3ccc(Cl)s3)(N(C)C)CC2)C1. The van der Waals surface area contributed by atoms with E-state index in [1.807, 2.05) is 6.07 Å². The average molecular weight is 369 g/mol. The Balaban J connectivity index is 1.71. The van der Waals surface area contributed by atoms with Crippen molar-refractivity contribution in [3.63, 3.8) is 0 Å². The lowest BCUT2D eigenvalue weighted by atomic mass is 9.66. The number of halogens is 1. The summed E-state index contributed by atoms with van der Waals surface area (Å²) in [5.74, 6) is 0.351. The van der Waals surface area contributed by atoms with Crippen LogP contribution in [0.2, 0.25) is 4.34 Å². The lowest BCUT2D eigenvalue weighted by Gasteiger charge is -2.48. The van der Waals surface area contributed by atoms with Crippen LogP contribution in [-0.2, 0) is 10.3 Å². The average Bonchev–Trinajstić information content (AvgIpc) is 3.16. The molecule has 1 aliphatic carbocycles. The normalized spacial score (nSPS) is 30.5. The quantitative estimate of drug-likeness (QED) is 0.765. The minimum absolute atomic E-state index is 0.115. The minimum atomic E-state index is 0.115. The molecule has 1 saturated heterocycles. The molecule has 1 amide bonds. The third-order valence-electron chi connectivity index (χ3n) is 6.28. The molecule has 2 aliphatic rings. The van der Waals surface area contributed by atoms with Crippen LogP contribution in [0.4, 0.5) is 0 Å². The molecule has 134 valence electrons. The smallest absolute Gasteiger partial charge is 0.222 e. The van der Waals surface area contributed by atoms with Crippen LogP contribution in [0.1, 0.15) is 56.7 Å². The zero-order chi connectivity index (χ0) is 17.4. The monoisotopic (exact) mass is 368 g/mol. The third-order valence-corrected chi connectivity index (χ3v) is 7.71. The van der Waals surface area contributed by atoms with Gasteiger partial charge < -0.3 is 4.90 Å². The fourth-order valence-electron chi connectivity index (χ4n) is 4.60. The van der Waals surface area contributed by atoms with Crippen molar-refractivity contribution in [1.29, 1.82) is 0 Å². The first-order valence-electron chi connectivity index (χ1n) is 9.12. The second-order valence-corrected chi connectivity index (χ2v) is 9.56. The number of hydrogen-bond donors (Lipinski definition) is 0. The van der Waals surface area contributed by atoms with E-state index in [2.05, 4.69) is 36.9 Å². The zero-order valence-corrected chi connectivity index (χ0v) is 16.7. The van der Waals surface area contributed by atoms with Gasteiger partial charge in [0.2, 0.25) is 5.91 Å². The van der Waals surface area contributed by atoms with E-state index in [-0.39, 0.29) is 5.54 Å². The number of rotatable bonds is 4. The molecule has 3 nitrogen and oxygen atoms in total. The van der Waals surface area contributed by atoms with E-state index in [0.717, 1.165) is 36.7 Å². The van der Waals surface area contributed by atoms with E-state index in [1.54, 1.807) is 11.3 Å². The van der Waals surface area contributed by atoms with Gasteiger partial charge in [-0.25, -0.2) is 0 Å². The number of thiophene rings is 1. The molecule has 3 rings (SSSR count). The minimum Gasteiger partial charge on any atom is -0.342 e. The summed E-state index contributed by atoms with van der Waals surface area (Å²) in [5.41, 5.74) is 0.466. The van der Waals surface area contributed by atoms with Gasteiger partial charge in [-0.1, -0.05) is 18.5 Å². The van der Waals surface area contributed by atoms with Crippen molar-refractivity contribution in [3.05, 3.63) is 21.3 Å². The number of amides is 1. The van der Waals surface area contributed by atoms with Crippen molar-refractivity contribution in [2.24, 2.45) is 5.41 Å². The van der Waals surface area contributed by atoms with Gasteiger partial charge in [0.15, 0.2) is 0 Å². The summed E-state index contributed by atoms with van der Waals surface area (Å²) in [5, 5.41) is 0. The summed E-state index contributed by atoms with van der Waals surface area (Å²) in [6.07, 6.45) is 7.56. The Morgan fingerprint density at radius 3 is 2.50 bits per heavy atom. The van der Waals surface area contributed by atoms with E-state index < -0.39 is 0 Å². The molecular weight excluding hydrogens is 340 g/mol. The van der Waals surface area contributed by atoms with Crippen LogP contribution >= 0.6 is 22.9 Å². The van der Waals surface area contributed by atoms with E-state index in [0.29, 0.717) is 17.7 Å². The predicted molar refractivity (Wildman–Crippen MR) is 102 cm³/mol.